The van der Waals surface area contributed by atoms with Crippen molar-refractivity contribution in [2.45, 2.75) is 0 Å². The molecular weight excluding hydrogens is 324 g/mol. The molecule has 7 nitrogen and oxygen atoms in total. The van der Waals surface area contributed by atoms with Crippen LogP contribution in [0.25, 0.3) is 0 Å². The minimum Gasteiger partial charge on any atom is -0.493 e. The van der Waals surface area contributed by atoms with Crippen LogP contribution in [0.4, 0.5) is 5.69 Å². The first-order chi connectivity index (χ1) is 12.1. The van der Waals surface area contributed by atoms with E-state index in [0.717, 1.165) is 0 Å². The number of methoxy groups -OCH3 is 1. The lowest BCUT2D eigenvalue weighted by Gasteiger charge is -2.10. The summed E-state index contributed by atoms with van der Waals surface area (Å²) in [5, 5.41) is 11.5. The van der Waals surface area contributed by atoms with Gasteiger partial charge < -0.3 is 19.5 Å². The maximum Gasteiger partial charge on any atom is 0.344 e. The minimum atomic E-state index is -0.699. The van der Waals surface area contributed by atoms with Gasteiger partial charge in [0.15, 0.2) is 24.7 Å². The molecule has 25 heavy (non-hydrogen) atoms. The molecule has 0 bridgehead atoms. The maximum atomic E-state index is 11.8. The molecule has 0 fully saturated rings. The van der Waals surface area contributed by atoms with Crippen LogP contribution in [0, 0.1) is 11.3 Å². The van der Waals surface area contributed by atoms with E-state index in [1.807, 2.05) is 6.07 Å². The Hall–Kier alpha value is -3.53. The number of carbonyl (C=O) groups excluding carboxylic acids is 2. The molecule has 0 spiro atoms. The number of carbonyl (C=O) groups is 2. The quantitative estimate of drug-likeness (QED) is 0.776. The van der Waals surface area contributed by atoms with E-state index in [9.17, 15) is 9.59 Å². The van der Waals surface area contributed by atoms with Crippen molar-refractivity contribution in [1.29, 1.82) is 5.26 Å². The second kappa shape index (κ2) is 8.93. The van der Waals surface area contributed by atoms with Gasteiger partial charge in [-0.05, 0) is 24.3 Å². The van der Waals surface area contributed by atoms with Crippen molar-refractivity contribution in [3.8, 4) is 17.6 Å². The molecule has 0 aliphatic rings. The summed E-state index contributed by atoms with van der Waals surface area (Å²) in [5.74, 6) is -0.363. The van der Waals surface area contributed by atoms with Gasteiger partial charge in [0, 0.05) is 0 Å². The molecule has 2 aromatic rings. The lowest BCUT2D eigenvalue weighted by atomic mass is 10.2. The molecule has 0 saturated heterocycles. The van der Waals surface area contributed by atoms with Gasteiger partial charge in [0.25, 0.3) is 5.91 Å². The summed E-state index contributed by atoms with van der Waals surface area (Å²) in [4.78, 5) is 23.5. The van der Waals surface area contributed by atoms with Gasteiger partial charge in [0.1, 0.15) is 6.07 Å². The van der Waals surface area contributed by atoms with Gasteiger partial charge in [-0.15, -0.1) is 0 Å². The Morgan fingerprint density at radius 2 is 1.72 bits per heavy atom. The Bertz CT molecular complexity index is 798. The smallest absolute Gasteiger partial charge is 0.344 e. The van der Waals surface area contributed by atoms with Crippen LogP contribution < -0.4 is 14.8 Å². The molecule has 2 aromatic carbocycles. The average molecular weight is 340 g/mol. The van der Waals surface area contributed by atoms with Crippen LogP contribution in [0.2, 0.25) is 0 Å². The Morgan fingerprint density at radius 1 is 1.04 bits per heavy atom. The second-order valence-electron chi connectivity index (χ2n) is 4.81. The van der Waals surface area contributed by atoms with E-state index in [2.05, 4.69) is 5.32 Å². The van der Waals surface area contributed by atoms with E-state index in [1.54, 1.807) is 48.5 Å². The molecule has 1 N–H and O–H groups in total. The highest BCUT2D eigenvalue weighted by molar-refractivity contribution is 5.94. The Kier molecular flexibility index (Phi) is 6.37. The Balaban J connectivity index is 1.80. The van der Waals surface area contributed by atoms with Crippen LogP contribution >= 0.6 is 0 Å². The molecule has 128 valence electrons. The number of para-hydroxylation sites is 3. The van der Waals surface area contributed by atoms with Crippen LogP contribution in [0.15, 0.2) is 48.5 Å². The summed E-state index contributed by atoms with van der Waals surface area (Å²) in [5.41, 5.74) is 0.679. The fourth-order valence-corrected chi connectivity index (χ4v) is 1.94. The van der Waals surface area contributed by atoms with E-state index >= 15 is 0 Å². The van der Waals surface area contributed by atoms with E-state index < -0.39 is 18.5 Å². The van der Waals surface area contributed by atoms with Gasteiger partial charge in [-0.3, -0.25) is 4.79 Å². The number of rotatable bonds is 7. The molecule has 0 unspecified atom stereocenters. The fourth-order valence-electron chi connectivity index (χ4n) is 1.94. The number of benzene rings is 2. The van der Waals surface area contributed by atoms with Crippen molar-refractivity contribution in [3.63, 3.8) is 0 Å². The third kappa shape index (κ3) is 5.25. The zero-order valence-corrected chi connectivity index (χ0v) is 13.5. The highest BCUT2D eigenvalue weighted by Gasteiger charge is 2.11. The lowest BCUT2D eigenvalue weighted by Crippen LogP contribution is -2.24. The highest BCUT2D eigenvalue weighted by atomic mass is 16.6. The first-order valence-electron chi connectivity index (χ1n) is 7.34. The Morgan fingerprint density at radius 3 is 2.44 bits per heavy atom. The second-order valence-corrected chi connectivity index (χ2v) is 4.81. The predicted octanol–water partition coefficient (Wildman–Crippen LogP) is 2.13. The van der Waals surface area contributed by atoms with Crippen molar-refractivity contribution >= 4 is 17.6 Å². The number of nitrogens with zero attached hydrogens (tertiary/aromatic N) is 1. The molecule has 0 saturated carbocycles. The zero-order valence-electron chi connectivity index (χ0n) is 13.5. The van der Waals surface area contributed by atoms with Gasteiger partial charge in [0.05, 0.1) is 18.4 Å². The first-order valence-corrected chi connectivity index (χ1v) is 7.34. The summed E-state index contributed by atoms with van der Waals surface area (Å²) in [6.45, 7) is -0.837. The molecule has 1 amide bonds. The third-order valence-corrected chi connectivity index (χ3v) is 3.10. The van der Waals surface area contributed by atoms with Crippen LogP contribution in [0.3, 0.4) is 0 Å². The normalized spacial score (nSPS) is 9.60. The summed E-state index contributed by atoms with van der Waals surface area (Å²) >= 11 is 0. The number of amides is 1. The van der Waals surface area contributed by atoms with Crippen molar-refractivity contribution in [3.05, 3.63) is 54.1 Å². The Labute approximate surface area is 144 Å². The molecule has 0 aliphatic heterocycles. The zero-order chi connectivity index (χ0) is 18.1. The fraction of sp³-hybridized carbons (Fsp3) is 0.167. The standard InChI is InChI=1S/C18H16N2O5/c1-23-15-8-4-5-9-16(15)24-12-18(22)25-11-17(21)20-14-7-3-2-6-13(14)10-19/h2-9H,11-12H2,1H3,(H,20,21). The molecular formula is C18H16N2O5. The topological polar surface area (TPSA) is 97.7 Å². The maximum absolute atomic E-state index is 11.8. The summed E-state index contributed by atoms with van der Waals surface area (Å²) in [7, 11) is 1.49. The van der Waals surface area contributed by atoms with E-state index in [4.69, 9.17) is 19.5 Å². The SMILES string of the molecule is COc1ccccc1OCC(=O)OCC(=O)Nc1ccccc1C#N. The number of hydrogen-bond donors (Lipinski definition) is 1. The number of ether oxygens (including phenoxy) is 3. The van der Waals surface area contributed by atoms with Crippen molar-refractivity contribution in [2.24, 2.45) is 0 Å². The first kappa shape index (κ1) is 17.8. The number of nitriles is 1. The molecule has 0 atom stereocenters. The predicted molar refractivity (Wildman–Crippen MR) is 89.2 cm³/mol. The average Bonchev–Trinajstić information content (AvgIpc) is 2.65. The van der Waals surface area contributed by atoms with Gasteiger partial charge in [0.2, 0.25) is 0 Å². The summed E-state index contributed by atoms with van der Waals surface area (Å²) in [6, 6.07) is 15.3. The van der Waals surface area contributed by atoms with Crippen molar-refractivity contribution < 1.29 is 23.8 Å². The van der Waals surface area contributed by atoms with E-state index in [1.165, 1.54) is 7.11 Å². The van der Waals surface area contributed by atoms with Crippen LogP contribution in [0.1, 0.15) is 5.56 Å². The van der Waals surface area contributed by atoms with E-state index in [0.29, 0.717) is 22.7 Å². The van der Waals surface area contributed by atoms with Crippen LogP contribution in [-0.2, 0) is 14.3 Å². The molecule has 7 heteroatoms. The van der Waals surface area contributed by atoms with Gasteiger partial charge in [-0.25, -0.2) is 4.79 Å². The molecule has 0 heterocycles. The van der Waals surface area contributed by atoms with Gasteiger partial charge in [-0.1, -0.05) is 24.3 Å². The molecule has 0 radical (unpaired) electrons. The monoisotopic (exact) mass is 340 g/mol. The number of hydrogen-bond acceptors (Lipinski definition) is 6. The highest BCUT2D eigenvalue weighted by Crippen LogP contribution is 2.25. The lowest BCUT2D eigenvalue weighted by molar-refractivity contribution is -0.149. The van der Waals surface area contributed by atoms with Gasteiger partial charge >= 0.3 is 5.97 Å². The number of esters is 1. The van der Waals surface area contributed by atoms with Crippen LogP contribution in [0.5, 0.6) is 11.5 Å². The summed E-state index contributed by atoms with van der Waals surface area (Å²) in [6.07, 6.45) is 0. The molecule has 2 rings (SSSR count). The molecule has 0 aliphatic carbocycles. The summed E-state index contributed by atoms with van der Waals surface area (Å²) < 4.78 is 15.2. The molecule has 0 aromatic heterocycles. The van der Waals surface area contributed by atoms with E-state index in [-0.39, 0.29) is 6.61 Å². The minimum absolute atomic E-state index is 0.321. The van der Waals surface area contributed by atoms with Crippen LogP contribution in [-0.4, -0.2) is 32.2 Å². The van der Waals surface area contributed by atoms with Crippen molar-refractivity contribution in [2.75, 3.05) is 25.6 Å². The van der Waals surface area contributed by atoms with Gasteiger partial charge in [-0.2, -0.15) is 5.26 Å². The largest absolute Gasteiger partial charge is 0.493 e. The number of nitrogens with one attached hydrogen (secondary N) is 1. The third-order valence-electron chi connectivity index (χ3n) is 3.10. The number of anilines is 1. The van der Waals surface area contributed by atoms with Crippen molar-refractivity contribution in [1.82, 2.24) is 0 Å².